The summed E-state index contributed by atoms with van der Waals surface area (Å²) >= 11 is 0. The van der Waals surface area contributed by atoms with E-state index in [0.29, 0.717) is 0 Å². The molecule has 7 heteroatoms. The van der Waals surface area contributed by atoms with Crippen molar-refractivity contribution in [2.75, 3.05) is 12.3 Å². The Morgan fingerprint density at radius 3 is 2.69 bits per heavy atom. The summed E-state index contributed by atoms with van der Waals surface area (Å²) in [5.74, 6) is -1.12. The van der Waals surface area contributed by atoms with Crippen LogP contribution in [-0.4, -0.2) is 17.6 Å². The number of nitrogens with two attached hydrogens (primary N) is 1. The van der Waals surface area contributed by atoms with Gasteiger partial charge in [-0.2, -0.15) is 13.2 Å². The van der Waals surface area contributed by atoms with Crippen molar-refractivity contribution in [3.05, 3.63) is 23.5 Å². The summed E-state index contributed by atoms with van der Waals surface area (Å²) in [4.78, 5) is 14.4. The normalized spacial score (nSPS) is 11.2. The van der Waals surface area contributed by atoms with Crippen LogP contribution in [-0.2, 0) is 10.9 Å². The number of carbonyl (C=O) groups excluding carboxylic acids is 1. The Bertz CT molecular complexity index is 404. The fourth-order valence-corrected chi connectivity index (χ4v) is 1.11. The number of alkyl halides is 3. The first-order chi connectivity index (χ1) is 7.38. The first-order valence-electron chi connectivity index (χ1n) is 4.36. The minimum atomic E-state index is -4.74. The summed E-state index contributed by atoms with van der Waals surface area (Å²) < 4.78 is 42.0. The van der Waals surface area contributed by atoms with Gasteiger partial charge in [-0.3, -0.25) is 4.98 Å². The molecule has 16 heavy (non-hydrogen) atoms. The van der Waals surface area contributed by atoms with E-state index in [1.807, 2.05) is 0 Å². The zero-order valence-electron chi connectivity index (χ0n) is 8.34. The van der Waals surface area contributed by atoms with Crippen LogP contribution in [0.5, 0.6) is 0 Å². The van der Waals surface area contributed by atoms with Gasteiger partial charge in [0.05, 0.1) is 6.61 Å². The third-order valence-corrected chi connectivity index (χ3v) is 1.73. The highest BCUT2D eigenvalue weighted by molar-refractivity contribution is 5.96. The maximum Gasteiger partial charge on any atom is 0.434 e. The summed E-state index contributed by atoms with van der Waals surface area (Å²) in [5.41, 5.74) is 2.94. The largest absolute Gasteiger partial charge is 0.462 e. The van der Waals surface area contributed by atoms with Crippen molar-refractivity contribution < 1.29 is 22.7 Å². The third-order valence-electron chi connectivity index (χ3n) is 1.73. The lowest BCUT2D eigenvalue weighted by Crippen LogP contribution is -2.19. The van der Waals surface area contributed by atoms with E-state index in [1.54, 1.807) is 0 Å². The van der Waals surface area contributed by atoms with Crippen molar-refractivity contribution in [1.82, 2.24) is 4.98 Å². The molecule has 0 radical (unpaired) electrons. The zero-order chi connectivity index (χ0) is 12.3. The molecule has 0 aliphatic carbocycles. The molecular weight excluding hydrogens is 225 g/mol. The Hall–Kier alpha value is -1.79. The number of ether oxygens (including phenoxy) is 1. The van der Waals surface area contributed by atoms with E-state index >= 15 is 0 Å². The number of anilines is 1. The molecule has 0 unspecified atom stereocenters. The van der Waals surface area contributed by atoms with Gasteiger partial charge < -0.3 is 10.5 Å². The van der Waals surface area contributed by atoms with Crippen molar-refractivity contribution in [3.8, 4) is 0 Å². The maximum absolute atomic E-state index is 12.5. The predicted octanol–water partition coefficient (Wildman–Crippen LogP) is 1.86. The van der Waals surface area contributed by atoms with E-state index in [0.717, 1.165) is 12.3 Å². The predicted molar refractivity (Wildman–Crippen MR) is 49.6 cm³/mol. The summed E-state index contributed by atoms with van der Waals surface area (Å²) in [5, 5.41) is 0. The van der Waals surface area contributed by atoms with Crippen LogP contribution in [0.3, 0.4) is 0 Å². The monoisotopic (exact) mass is 234 g/mol. The van der Waals surface area contributed by atoms with Gasteiger partial charge in [0.25, 0.3) is 0 Å². The molecule has 0 saturated heterocycles. The Morgan fingerprint density at radius 1 is 1.56 bits per heavy atom. The number of rotatable bonds is 2. The number of hydrogen-bond donors (Lipinski definition) is 1. The van der Waals surface area contributed by atoms with Crippen LogP contribution in [0.4, 0.5) is 18.9 Å². The van der Waals surface area contributed by atoms with Gasteiger partial charge in [-0.15, -0.1) is 0 Å². The Morgan fingerprint density at radius 2 is 2.19 bits per heavy atom. The molecule has 1 aromatic heterocycles. The Balaban J connectivity index is 3.30. The first kappa shape index (κ1) is 12.3. The van der Waals surface area contributed by atoms with E-state index in [9.17, 15) is 18.0 Å². The number of nitrogens with zero attached hydrogens (tertiary/aromatic N) is 1. The lowest BCUT2D eigenvalue weighted by atomic mass is 10.1. The van der Waals surface area contributed by atoms with Crippen LogP contribution in [0.2, 0.25) is 0 Å². The van der Waals surface area contributed by atoms with Gasteiger partial charge in [0.15, 0.2) is 5.69 Å². The molecule has 0 atom stereocenters. The molecule has 0 spiro atoms. The zero-order valence-corrected chi connectivity index (χ0v) is 8.34. The maximum atomic E-state index is 12.5. The van der Waals surface area contributed by atoms with E-state index in [4.69, 9.17) is 5.73 Å². The van der Waals surface area contributed by atoms with E-state index < -0.39 is 23.4 Å². The highest BCUT2D eigenvalue weighted by Gasteiger charge is 2.38. The number of pyridine rings is 1. The molecular formula is C9H9F3N2O2. The molecule has 88 valence electrons. The van der Waals surface area contributed by atoms with E-state index in [2.05, 4.69) is 9.72 Å². The van der Waals surface area contributed by atoms with Crippen LogP contribution in [0.15, 0.2) is 12.3 Å². The number of esters is 1. The summed E-state index contributed by atoms with van der Waals surface area (Å²) in [6.07, 6.45) is -3.85. The van der Waals surface area contributed by atoms with Gasteiger partial charge in [0.2, 0.25) is 0 Å². The van der Waals surface area contributed by atoms with E-state index in [-0.39, 0.29) is 12.3 Å². The standard InChI is InChI=1S/C9H9F3N2O2/c1-2-16-8(15)6-5(13)3-4-14-7(6)9(10,11)12/h3-4H,2H2,1H3,(H2,13,14). The smallest absolute Gasteiger partial charge is 0.434 e. The van der Waals surface area contributed by atoms with Crippen molar-refractivity contribution in [3.63, 3.8) is 0 Å². The van der Waals surface area contributed by atoms with E-state index in [1.165, 1.54) is 6.92 Å². The van der Waals surface area contributed by atoms with Crippen molar-refractivity contribution in [2.45, 2.75) is 13.1 Å². The molecule has 0 aliphatic heterocycles. The van der Waals surface area contributed by atoms with Crippen LogP contribution in [0.25, 0.3) is 0 Å². The molecule has 0 aliphatic rings. The quantitative estimate of drug-likeness (QED) is 0.793. The second kappa shape index (κ2) is 4.38. The van der Waals surface area contributed by atoms with Gasteiger partial charge in [0, 0.05) is 11.9 Å². The van der Waals surface area contributed by atoms with Gasteiger partial charge in [0.1, 0.15) is 5.56 Å². The lowest BCUT2D eigenvalue weighted by molar-refractivity contribution is -0.141. The number of hydrogen-bond acceptors (Lipinski definition) is 4. The van der Waals surface area contributed by atoms with Gasteiger partial charge >= 0.3 is 12.1 Å². The summed E-state index contributed by atoms with van der Waals surface area (Å²) in [6.45, 7) is 1.45. The van der Waals surface area contributed by atoms with Crippen LogP contribution in [0.1, 0.15) is 23.0 Å². The van der Waals surface area contributed by atoms with Crippen molar-refractivity contribution in [2.24, 2.45) is 0 Å². The van der Waals surface area contributed by atoms with Crippen LogP contribution < -0.4 is 5.73 Å². The summed E-state index contributed by atoms with van der Waals surface area (Å²) in [6, 6.07) is 1.11. The van der Waals surface area contributed by atoms with Crippen LogP contribution >= 0.6 is 0 Å². The fourth-order valence-electron chi connectivity index (χ4n) is 1.11. The summed E-state index contributed by atoms with van der Waals surface area (Å²) in [7, 11) is 0. The van der Waals surface area contributed by atoms with Crippen molar-refractivity contribution in [1.29, 1.82) is 0 Å². The minimum Gasteiger partial charge on any atom is -0.462 e. The highest BCUT2D eigenvalue weighted by atomic mass is 19.4. The van der Waals surface area contributed by atoms with Crippen LogP contribution in [0, 0.1) is 0 Å². The number of aromatic nitrogens is 1. The number of halogens is 3. The number of carbonyl (C=O) groups is 1. The molecule has 0 aromatic carbocycles. The average molecular weight is 234 g/mol. The second-order valence-electron chi connectivity index (χ2n) is 2.84. The van der Waals surface area contributed by atoms with Gasteiger partial charge in [-0.25, -0.2) is 4.79 Å². The molecule has 0 bridgehead atoms. The highest BCUT2D eigenvalue weighted by Crippen LogP contribution is 2.32. The number of nitrogen functional groups attached to an aromatic ring is 1. The molecule has 1 aromatic rings. The molecule has 0 fully saturated rings. The molecule has 1 heterocycles. The molecule has 0 amide bonds. The molecule has 2 N–H and O–H groups in total. The first-order valence-corrected chi connectivity index (χ1v) is 4.36. The Kier molecular flexibility index (Phi) is 3.36. The average Bonchev–Trinajstić information content (AvgIpc) is 2.16. The van der Waals surface area contributed by atoms with Gasteiger partial charge in [-0.1, -0.05) is 0 Å². The third kappa shape index (κ3) is 2.41. The van der Waals surface area contributed by atoms with Gasteiger partial charge in [-0.05, 0) is 13.0 Å². The second-order valence-corrected chi connectivity index (χ2v) is 2.84. The lowest BCUT2D eigenvalue weighted by Gasteiger charge is -2.12. The molecule has 0 saturated carbocycles. The minimum absolute atomic E-state index is 0.0372. The van der Waals surface area contributed by atoms with Crippen molar-refractivity contribution >= 4 is 11.7 Å². The topological polar surface area (TPSA) is 65.2 Å². The molecule has 4 nitrogen and oxygen atoms in total. The SMILES string of the molecule is CCOC(=O)c1c(N)ccnc1C(F)(F)F. The molecule has 1 rings (SSSR count). The Labute approximate surface area is 89.2 Å². The fraction of sp³-hybridized carbons (Fsp3) is 0.333.